The lowest BCUT2D eigenvalue weighted by Gasteiger charge is -2.38. The molecular weight excluding hydrogens is 194 g/mol. The third kappa shape index (κ3) is 3.80. The third-order valence-electron chi connectivity index (χ3n) is 3.12. The van der Waals surface area contributed by atoms with Crippen LogP contribution in [0, 0.1) is 5.92 Å². The van der Waals surface area contributed by atoms with Crippen molar-refractivity contribution in [3.63, 3.8) is 0 Å². The number of carbonyl (C=O) groups is 1. The van der Waals surface area contributed by atoms with Crippen molar-refractivity contribution >= 4 is 5.97 Å². The summed E-state index contributed by atoms with van der Waals surface area (Å²) in [7, 11) is 0. The molecule has 0 aromatic carbocycles. The molecule has 0 bridgehead atoms. The molecule has 1 rings (SSSR count). The van der Waals surface area contributed by atoms with E-state index in [1.807, 2.05) is 0 Å². The fourth-order valence-electron chi connectivity index (χ4n) is 1.88. The minimum atomic E-state index is -0.733. The number of carboxylic acid groups (broad SMARTS) is 1. The van der Waals surface area contributed by atoms with Gasteiger partial charge in [-0.15, -0.1) is 0 Å². The highest BCUT2D eigenvalue weighted by atomic mass is 16.4. The number of aliphatic hydroxyl groups excluding tert-OH is 1. The van der Waals surface area contributed by atoms with Crippen LogP contribution >= 0.6 is 0 Å². The van der Waals surface area contributed by atoms with Gasteiger partial charge in [-0.3, -0.25) is 9.69 Å². The lowest BCUT2D eigenvalue weighted by Crippen LogP contribution is -2.44. The summed E-state index contributed by atoms with van der Waals surface area (Å²) in [5.41, 5.74) is 0. The van der Waals surface area contributed by atoms with E-state index < -0.39 is 5.97 Å². The number of carboxylic acids is 1. The molecule has 4 heteroatoms. The van der Waals surface area contributed by atoms with Gasteiger partial charge in [-0.2, -0.15) is 0 Å². The second-order valence-corrected chi connectivity index (χ2v) is 4.40. The first-order valence-corrected chi connectivity index (χ1v) is 5.73. The lowest BCUT2D eigenvalue weighted by atomic mass is 9.90. The first kappa shape index (κ1) is 12.5. The Morgan fingerprint density at radius 3 is 2.60 bits per heavy atom. The molecule has 0 saturated heterocycles. The number of nitrogens with zero attached hydrogens (tertiary/aromatic N) is 1. The Bertz CT molecular complexity index is 204. The molecule has 15 heavy (non-hydrogen) atoms. The van der Waals surface area contributed by atoms with Crippen LogP contribution in [-0.2, 0) is 4.79 Å². The minimum absolute atomic E-state index is 0.185. The van der Waals surface area contributed by atoms with Gasteiger partial charge in [-0.1, -0.05) is 13.3 Å². The van der Waals surface area contributed by atoms with Crippen LogP contribution < -0.4 is 0 Å². The standard InChI is InChI=1S/C11H21NO3/c1-9(11(14)15)8-12(6-3-7-13)10-4-2-5-10/h9-10,13H,2-8H2,1H3,(H,14,15). The Labute approximate surface area is 90.9 Å². The molecular formula is C11H21NO3. The zero-order chi connectivity index (χ0) is 11.3. The van der Waals surface area contributed by atoms with Crippen LogP contribution in [-0.4, -0.2) is 46.8 Å². The molecule has 0 amide bonds. The molecule has 1 fully saturated rings. The van der Waals surface area contributed by atoms with Crippen LogP contribution in [0.3, 0.4) is 0 Å². The Hall–Kier alpha value is -0.610. The van der Waals surface area contributed by atoms with Gasteiger partial charge in [-0.05, 0) is 19.3 Å². The summed E-state index contributed by atoms with van der Waals surface area (Å²) in [6.07, 6.45) is 4.35. The molecule has 1 aliphatic carbocycles. The van der Waals surface area contributed by atoms with Gasteiger partial charge in [0, 0.05) is 25.7 Å². The number of hydrogen-bond acceptors (Lipinski definition) is 3. The zero-order valence-electron chi connectivity index (χ0n) is 9.35. The van der Waals surface area contributed by atoms with Gasteiger partial charge < -0.3 is 10.2 Å². The molecule has 88 valence electrons. The van der Waals surface area contributed by atoms with Gasteiger partial charge in [0.15, 0.2) is 0 Å². The van der Waals surface area contributed by atoms with Crippen molar-refractivity contribution in [2.75, 3.05) is 19.7 Å². The highest BCUT2D eigenvalue weighted by molar-refractivity contribution is 5.69. The van der Waals surface area contributed by atoms with Crippen LogP contribution in [0.2, 0.25) is 0 Å². The monoisotopic (exact) mass is 215 g/mol. The van der Waals surface area contributed by atoms with Gasteiger partial charge in [0.2, 0.25) is 0 Å². The van der Waals surface area contributed by atoms with E-state index >= 15 is 0 Å². The predicted octanol–water partition coefficient (Wildman–Crippen LogP) is 0.944. The maximum absolute atomic E-state index is 10.8. The zero-order valence-corrected chi connectivity index (χ0v) is 9.35. The van der Waals surface area contributed by atoms with E-state index in [4.69, 9.17) is 10.2 Å². The molecule has 1 unspecified atom stereocenters. The number of aliphatic hydroxyl groups is 1. The van der Waals surface area contributed by atoms with Crippen molar-refractivity contribution in [3.05, 3.63) is 0 Å². The Morgan fingerprint density at radius 2 is 2.20 bits per heavy atom. The van der Waals surface area contributed by atoms with Crippen LogP contribution in [0.15, 0.2) is 0 Å². The van der Waals surface area contributed by atoms with Crippen molar-refractivity contribution in [1.29, 1.82) is 0 Å². The third-order valence-corrected chi connectivity index (χ3v) is 3.12. The summed E-state index contributed by atoms with van der Waals surface area (Å²) >= 11 is 0. The topological polar surface area (TPSA) is 60.8 Å². The van der Waals surface area contributed by atoms with Crippen molar-refractivity contribution in [3.8, 4) is 0 Å². The van der Waals surface area contributed by atoms with E-state index in [1.165, 1.54) is 19.3 Å². The molecule has 1 aliphatic rings. The summed E-state index contributed by atoms with van der Waals surface area (Å²) in [6, 6.07) is 0.554. The van der Waals surface area contributed by atoms with Crippen LogP contribution in [0.1, 0.15) is 32.6 Å². The van der Waals surface area contributed by atoms with Gasteiger partial charge >= 0.3 is 5.97 Å². The highest BCUT2D eigenvalue weighted by Gasteiger charge is 2.27. The SMILES string of the molecule is CC(CN(CCCO)C1CCC1)C(=O)O. The molecule has 0 aliphatic heterocycles. The van der Waals surface area contributed by atoms with Gasteiger partial charge in [0.1, 0.15) is 0 Å². The van der Waals surface area contributed by atoms with Crippen LogP contribution in [0.5, 0.6) is 0 Å². The molecule has 0 aromatic heterocycles. The largest absolute Gasteiger partial charge is 0.481 e. The van der Waals surface area contributed by atoms with Gasteiger partial charge in [0.05, 0.1) is 5.92 Å². The molecule has 4 nitrogen and oxygen atoms in total. The Morgan fingerprint density at radius 1 is 1.53 bits per heavy atom. The predicted molar refractivity (Wildman–Crippen MR) is 57.7 cm³/mol. The molecule has 0 heterocycles. The molecule has 2 N–H and O–H groups in total. The molecule has 1 atom stereocenters. The second kappa shape index (κ2) is 6.08. The fourth-order valence-corrected chi connectivity index (χ4v) is 1.88. The van der Waals surface area contributed by atoms with Gasteiger partial charge in [-0.25, -0.2) is 0 Å². The van der Waals surface area contributed by atoms with E-state index in [9.17, 15) is 4.79 Å². The smallest absolute Gasteiger partial charge is 0.307 e. The first-order chi connectivity index (χ1) is 7.15. The number of rotatable bonds is 7. The van der Waals surface area contributed by atoms with E-state index in [2.05, 4.69) is 4.90 Å². The molecule has 1 saturated carbocycles. The average molecular weight is 215 g/mol. The maximum Gasteiger partial charge on any atom is 0.307 e. The quantitative estimate of drug-likeness (QED) is 0.663. The Kier molecular flexibility index (Phi) is 5.05. The van der Waals surface area contributed by atoms with Crippen LogP contribution in [0.4, 0.5) is 0 Å². The molecule has 0 spiro atoms. The van der Waals surface area contributed by atoms with Crippen molar-refractivity contribution in [1.82, 2.24) is 4.90 Å². The van der Waals surface area contributed by atoms with E-state index in [-0.39, 0.29) is 12.5 Å². The van der Waals surface area contributed by atoms with Crippen molar-refractivity contribution in [2.45, 2.75) is 38.6 Å². The average Bonchev–Trinajstić information content (AvgIpc) is 2.10. The first-order valence-electron chi connectivity index (χ1n) is 5.73. The number of aliphatic carboxylic acids is 1. The van der Waals surface area contributed by atoms with E-state index in [0.29, 0.717) is 12.6 Å². The fraction of sp³-hybridized carbons (Fsp3) is 0.909. The minimum Gasteiger partial charge on any atom is -0.481 e. The summed E-state index contributed by atoms with van der Waals surface area (Å²) in [4.78, 5) is 13.0. The summed E-state index contributed by atoms with van der Waals surface area (Å²) in [5, 5.41) is 17.6. The van der Waals surface area contributed by atoms with Crippen molar-refractivity contribution in [2.24, 2.45) is 5.92 Å². The van der Waals surface area contributed by atoms with E-state index in [1.54, 1.807) is 6.92 Å². The lowest BCUT2D eigenvalue weighted by molar-refractivity contribution is -0.142. The number of hydrogen-bond donors (Lipinski definition) is 2. The van der Waals surface area contributed by atoms with Crippen molar-refractivity contribution < 1.29 is 15.0 Å². The van der Waals surface area contributed by atoms with E-state index in [0.717, 1.165) is 13.0 Å². The van der Waals surface area contributed by atoms with Gasteiger partial charge in [0.25, 0.3) is 0 Å². The Balaban J connectivity index is 2.37. The molecule has 0 radical (unpaired) electrons. The highest BCUT2D eigenvalue weighted by Crippen LogP contribution is 2.25. The van der Waals surface area contributed by atoms with Crippen LogP contribution in [0.25, 0.3) is 0 Å². The molecule has 0 aromatic rings. The summed E-state index contributed by atoms with van der Waals surface area (Å²) < 4.78 is 0. The normalized spacial score (nSPS) is 18.9. The maximum atomic E-state index is 10.8. The summed E-state index contributed by atoms with van der Waals surface area (Å²) in [5.74, 6) is -1.05. The second-order valence-electron chi connectivity index (χ2n) is 4.40. The summed E-state index contributed by atoms with van der Waals surface area (Å²) in [6.45, 7) is 3.36.